The molecule has 88 valence electrons. The van der Waals surface area contributed by atoms with Gasteiger partial charge in [-0.2, -0.15) is 0 Å². The fourth-order valence-corrected chi connectivity index (χ4v) is 1.52. The van der Waals surface area contributed by atoms with Crippen LogP contribution in [0.4, 0.5) is 0 Å². The van der Waals surface area contributed by atoms with Crippen LogP contribution in [0, 0.1) is 0 Å². The maximum Gasteiger partial charge on any atom is 0.167 e. The van der Waals surface area contributed by atoms with Crippen LogP contribution in [0.15, 0.2) is 6.20 Å². The van der Waals surface area contributed by atoms with Crippen LogP contribution in [0.5, 0.6) is 0 Å². The van der Waals surface area contributed by atoms with Crippen molar-refractivity contribution >= 4 is 0 Å². The number of aryl methyl sites for hydroxylation is 3. The molecule has 0 aliphatic carbocycles. The summed E-state index contributed by atoms with van der Waals surface area (Å²) in [6.45, 7) is 5.49. The van der Waals surface area contributed by atoms with Gasteiger partial charge in [-0.3, -0.25) is 0 Å². The lowest BCUT2D eigenvalue weighted by atomic mass is 10.2. The van der Waals surface area contributed by atoms with E-state index in [0.29, 0.717) is 0 Å². The summed E-state index contributed by atoms with van der Waals surface area (Å²) in [5.41, 5.74) is 1.35. The Morgan fingerprint density at radius 3 is 2.53 bits per heavy atom. The van der Waals surface area contributed by atoms with Crippen molar-refractivity contribution in [3.05, 3.63) is 11.9 Å². The summed E-state index contributed by atoms with van der Waals surface area (Å²) in [5, 5.41) is 4.43. The third-order valence-electron chi connectivity index (χ3n) is 2.49. The summed E-state index contributed by atoms with van der Waals surface area (Å²) in [7, 11) is 2.04. The minimum atomic E-state index is 0. The molecular formula is C11H22IN3. The highest BCUT2D eigenvalue weighted by Gasteiger charge is 2.10. The van der Waals surface area contributed by atoms with E-state index in [1.165, 1.54) is 31.4 Å². The molecule has 0 aromatic carbocycles. The Morgan fingerprint density at radius 2 is 1.93 bits per heavy atom. The summed E-state index contributed by atoms with van der Waals surface area (Å²) in [6.07, 6.45) is 8.29. The van der Waals surface area contributed by atoms with Gasteiger partial charge in [0.1, 0.15) is 13.6 Å². The average Bonchev–Trinajstić information content (AvgIpc) is 2.53. The Balaban J connectivity index is 0.00000196. The Labute approximate surface area is 110 Å². The van der Waals surface area contributed by atoms with Crippen molar-refractivity contribution in [1.82, 2.24) is 9.90 Å². The van der Waals surface area contributed by atoms with Gasteiger partial charge in [-0.1, -0.05) is 26.7 Å². The molecule has 1 aromatic heterocycles. The number of hydrogen-bond acceptors (Lipinski definition) is 1. The number of unbranched alkanes of at least 4 members (excludes halogenated alkanes) is 2. The van der Waals surface area contributed by atoms with E-state index in [4.69, 9.17) is 0 Å². The van der Waals surface area contributed by atoms with E-state index in [1.807, 2.05) is 11.7 Å². The SMILES string of the molecule is CCCCc1c[n+](CCCC)nn1C.[I-]. The van der Waals surface area contributed by atoms with Crippen molar-refractivity contribution in [3.63, 3.8) is 0 Å². The van der Waals surface area contributed by atoms with Crippen molar-refractivity contribution in [2.24, 2.45) is 7.05 Å². The second kappa shape index (κ2) is 8.07. The zero-order valence-electron chi connectivity index (χ0n) is 10.0. The molecule has 1 aromatic rings. The van der Waals surface area contributed by atoms with Crippen LogP contribution in [-0.2, 0) is 20.0 Å². The lowest BCUT2D eigenvalue weighted by Crippen LogP contribution is -3.00. The smallest absolute Gasteiger partial charge is 0.167 e. The molecule has 4 heteroatoms. The minimum absolute atomic E-state index is 0. The highest BCUT2D eigenvalue weighted by Crippen LogP contribution is 2.00. The molecule has 0 bridgehead atoms. The van der Waals surface area contributed by atoms with E-state index in [-0.39, 0.29) is 24.0 Å². The van der Waals surface area contributed by atoms with E-state index in [2.05, 4.69) is 29.9 Å². The Morgan fingerprint density at radius 1 is 1.27 bits per heavy atom. The van der Waals surface area contributed by atoms with E-state index in [9.17, 15) is 0 Å². The van der Waals surface area contributed by atoms with Gasteiger partial charge in [-0.05, 0) is 12.8 Å². The molecule has 0 unspecified atom stereocenters. The van der Waals surface area contributed by atoms with Crippen LogP contribution < -0.4 is 28.7 Å². The van der Waals surface area contributed by atoms with Gasteiger partial charge < -0.3 is 24.0 Å². The van der Waals surface area contributed by atoms with Gasteiger partial charge in [0.15, 0.2) is 11.9 Å². The zero-order valence-corrected chi connectivity index (χ0v) is 12.2. The zero-order chi connectivity index (χ0) is 10.4. The van der Waals surface area contributed by atoms with Gasteiger partial charge in [-0.15, -0.1) is 9.36 Å². The van der Waals surface area contributed by atoms with Gasteiger partial charge in [-0.25, -0.2) is 0 Å². The Bertz CT molecular complexity index is 271. The van der Waals surface area contributed by atoms with Gasteiger partial charge in [0.2, 0.25) is 0 Å². The van der Waals surface area contributed by atoms with E-state index >= 15 is 0 Å². The molecular weight excluding hydrogens is 301 g/mol. The van der Waals surface area contributed by atoms with Crippen molar-refractivity contribution < 1.29 is 28.7 Å². The van der Waals surface area contributed by atoms with Crippen molar-refractivity contribution in [1.29, 1.82) is 0 Å². The number of nitrogens with zero attached hydrogens (tertiary/aromatic N) is 3. The monoisotopic (exact) mass is 323 g/mol. The topological polar surface area (TPSA) is 21.7 Å². The molecule has 1 rings (SSSR count). The lowest BCUT2D eigenvalue weighted by molar-refractivity contribution is -0.755. The van der Waals surface area contributed by atoms with Crippen LogP contribution in [0.2, 0.25) is 0 Å². The van der Waals surface area contributed by atoms with Crippen molar-refractivity contribution in [3.8, 4) is 0 Å². The number of aromatic nitrogens is 3. The largest absolute Gasteiger partial charge is 1.00 e. The molecule has 0 aliphatic rings. The predicted molar refractivity (Wildman–Crippen MR) is 56.9 cm³/mol. The van der Waals surface area contributed by atoms with Crippen molar-refractivity contribution in [2.45, 2.75) is 52.5 Å². The number of rotatable bonds is 6. The van der Waals surface area contributed by atoms with Gasteiger partial charge in [0.25, 0.3) is 0 Å². The van der Waals surface area contributed by atoms with Crippen LogP contribution in [0.3, 0.4) is 0 Å². The maximum atomic E-state index is 4.43. The average molecular weight is 323 g/mol. The highest BCUT2D eigenvalue weighted by atomic mass is 127. The quantitative estimate of drug-likeness (QED) is 0.479. The molecule has 0 amide bonds. The summed E-state index contributed by atoms with van der Waals surface area (Å²) in [6, 6.07) is 0. The number of hydrogen-bond donors (Lipinski definition) is 0. The molecule has 15 heavy (non-hydrogen) atoms. The van der Waals surface area contributed by atoms with Crippen molar-refractivity contribution in [2.75, 3.05) is 0 Å². The first-order chi connectivity index (χ1) is 6.77. The second-order valence-corrected chi connectivity index (χ2v) is 3.85. The Kier molecular flexibility index (Phi) is 8.00. The molecule has 1 heterocycles. The molecule has 0 radical (unpaired) electrons. The fourth-order valence-electron chi connectivity index (χ4n) is 1.52. The van der Waals surface area contributed by atoms with Gasteiger partial charge in [0.05, 0.1) is 5.21 Å². The maximum absolute atomic E-state index is 4.43. The second-order valence-electron chi connectivity index (χ2n) is 3.85. The first-order valence-corrected chi connectivity index (χ1v) is 5.70. The third-order valence-corrected chi connectivity index (χ3v) is 2.49. The Hall–Kier alpha value is -0.130. The standard InChI is InChI=1S/C11H22N3.HI/c1-4-6-8-11-10-14(9-7-5-2)12-13(11)3;/h10H,4-9H2,1-3H3;1H/q+1;/p-1. The third kappa shape index (κ3) is 4.95. The number of halogens is 1. The normalized spacial score (nSPS) is 10.1. The highest BCUT2D eigenvalue weighted by molar-refractivity contribution is 4.89. The van der Waals surface area contributed by atoms with Gasteiger partial charge in [0, 0.05) is 6.42 Å². The van der Waals surface area contributed by atoms with Gasteiger partial charge >= 0.3 is 0 Å². The first-order valence-electron chi connectivity index (χ1n) is 5.70. The lowest BCUT2D eigenvalue weighted by Gasteiger charge is -1.90. The molecule has 0 saturated heterocycles. The van der Waals surface area contributed by atoms with E-state index in [0.717, 1.165) is 13.0 Å². The molecule has 0 spiro atoms. The molecule has 0 fully saturated rings. The van der Waals surface area contributed by atoms with E-state index < -0.39 is 0 Å². The molecule has 0 aliphatic heterocycles. The van der Waals surface area contributed by atoms with Crippen LogP contribution in [0.1, 0.15) is 45.2 Å². The minimum Gasteiger partial charge on any atom is -1.00 e. The van der Waals surface area contributed by atoms with Crippen LogP contribution >= 0.6 is 0 Å². The molecule has 3 nitrogen and oxygen atoms in total. The molecule has 0 saturated carbocycles. The van der Waals surface area contributed by atoms with Crippen LogP contribution in [0.25, 0.3) is 0 Å². The summed E-state index contributed by atoms with van der Waals surface area (Å²) in [5.74, 6) is 0. The summed E-state index contributed by atoms with van der Waals surface area (Å²) >= 11 is 0. The summed E-state index contributed by atoms with van der Waals surface area (Å²) < 4.78 is 4.07. The molecule has 0 atom stereocenters. The predicted octanol–water partition coefficient (Wildman–Crippen LogP) is -1.15. The molecule has 0 N–H and O–H groups in total. The first kappa shape index (κ1) is 14.9. The van der Waals surface area contributed by atoms with E-state index in [1.54, 1.807) is 0 Å². The summed E-state index contributed by atoms with van der Waals surface area (Å²) in [4.78, 5) is 0. The van der Waals surface area contributed by atoms with Crippen LogP contribution in [-0.4, -0.2) is 9.90 Å². The fraction of sp³-hybridized carbons (Fsp3) is 0.818.